The van der Waals surface area contributed by atoms with Crippen molar-refractivity contribution in [3.8, 4) is 5.75 Å². The van der Waals surface area contributed by atoms with Gasteiger partial charge in [0.1, 0.15) is 17.9 Å². The van der Waals surface area contributed by atoms with Crippen LogP contribution in [0.5, 0.6) is 5.75 Å². The van der Waals surface area contributed by atoms with E-state index in [9.17, 15) is 14.4 Å². The SMILES string of the molecule is CCOC(=O)C=C1SCC(=O)N1CCOc1ccc2c(C)cc(=O)oc2c1. The first-order valence-electron chi connectivity index (χ1n) is 8.47. The maximum Gasteiger partial charge on any atom is 0.336 e. The Hall–Kier alpha value is -2.74. The lowest BCUT2D eigenvalue weighted by molar-refractivity contribution is -0.137. The van der Waals surface area contributed by atoms with E-state index < -0.39 is 11.6 Å². The molecule has 8 heteroatoms. The number of carbonyl (C=O) groups excluding carboxylic acids is 2. The zero-order chi connectivity index (χ0) is 19.4. The first kappa shape index (κ1) is 19.0. The second-order valence-electron chi connectivity index (χ2n) is 5.82. The highest BCUT2D eigenvalue weighted by Gasteiger charge is 2.27. The molecule has 0 radical (unpaired) electrons. The molecule has 0 spiro atoms. The summed E-state index contributed by atoms with van der Waals surface area (Å²) in [5.41, 5.74) is 0.875. The molecule has 7 nitrogen and oxygen atoms in total. The number of nitrogens with zero attached hydrogens (tertiary/aromatic N) is 1. The van der Waals surface area contributed by atoms with E-state index in [1.54, 1.807) is 19.1 Å². The number of thioether (sulfide) groups is 1. The summed E-state index contributed by atoms with van der Waals surface area (Å²) in [4.78, 5) is 36.7. The number of aryl methyl sites for hydroxylation is 1. The van der Waals surface area contributed by atoms with Crippen LogP contribution in [0.1, 0.15) is 12.5 Å². The molecular weight excluding hydrogens is 370 g/mol. The van der Waals surface area contributed by atoms with Crippen LogP contribution in [0.2, 0.25) is 0 Å². The average Bonchev–Trinajstić information content (AvgIpc) is 2.95. The molecule has 0 atom stereocenters. The van der Waals surface area contributed by atoms with Gasteiger partial charge in [-0.05, 0) is 31.5 Å². The average molecular weight is 389 g/mol. The monoisotopic (exact) mass is 389 g/mol. The van der Waals surface area contributed by atoms with Gasteiger partial charge in [-0.25, -0.2) is 9.59 Å². The maximum absolute atomic E-state index is 12.0. The van der Waals surface area contributed by atoms with Crippen molar-refractivity contribution in [1.82, 2.24) is 4.90 Å². The van der Waals surface area contributed by atoms with Gasteiger partial charge in [0.15, 0.2) is 0 Å². The first-order chi connectivity index (χ1) is 13.0. The van der Waals surface area contributed by atoms with E-state index in [2.05, 4.69) is 0 Å². The highest BCUT2D eigenvalue weighted by molar-refractivity contribution is 8.04. The van der Waals surface area contributed by atoms with Crippen molar-refractivity contribution < 1.29 is 23.5 Å². The number of ether oxygens (including phenoxy) is 2. The van der Waals surface area contributed by atoms with Crippen molar-refractivity contribution in [2.75, 3.05) is 25.5 Å². The fraction of sp³-hybridized carbons (Fsp3) is 0.316. The van der Waals surface area contributed by atoms with Gasteiger partial charge in [-0.3, -0.25) is 4.79 Å². The zero-order valence-corrected chi connectivity index (χ0v) is 15.8. The number of rotatable bonds is 6. The van der Waals surface area contributed by atoms with E-state index in [1.165, 1.54) is 28.8 Å². The van der Waals surface area contributed by atoms with Crippen molar-refractivity contribution >= 4 is 34.6 Å². The van der Waals surface area contributed by atoms with E-state index in [4.69, 9.17) is 13.9 Å². The molecule has 2 aromatic rings. The van der Waals surface area contributed by atoms with Crippen LogP contribution >= 0.6 is 11.8 Å². The highest BCUT2D eigenvalue weighted by atomic mass is 32.2. The van der Waals surface area contributed by atoms with Crippen LogP contribution in [0.3, 0.4) is 0 Å². The van der Waals surface area contributed by atoms with Gasteiger partial charge in [-0.1, -0.05) is 11.8 Å². The number of amides is 1. The van der Waals surface area contributed by atoms with E-state index in [-0.39, 0.29) is 24.9 Å². The largest absolute Gasteiger partial charge is 0.492 e. The lowest BCUT2D eigenvalue weighted by Gasteiger charge is -2.17. The minimum absolute atomic E-state index is 0.0840. The summed E-state index contributed by atoms with van der Waals surface area (Å²) in [6.07, 6.45) is 1.33. The van der Waals surface area contributed by atoms with Crippen molar-refractivity contribution in [2.45, 2.75) is 13.8 Å². The third-order valence-electron chi connectivity index (χ3n) is 3.94. The van der Waals surface area contributed by atoms with Crippen molar-refractivity contribution in [3.63, 3.8) is 0 Å². The van der Waals surface area contributed by atoms with Gasteiger partial charge in [0.2, 0.25) is 5.91 Å². The molecule has 1 aliphatic heterocycles. The number of esters is 1. The molecule has 3 rings (SSSR count). The molecule has 0 aliphatic carbocycles. The second-order valence-corrected chi connectivity index (χ2v) is 6.82. The van der Waals surface area contributed by atoms with E-state index in [0.29, 0.717) is 22.9 Å². The number of hydrogen-bond acceptors (Lipinski definition) is 7. The summed E-state index contributed by atoms with van der Waals surface area (Å²) in [5.74, 6) is 0.261. The number of hydrogen-bond donors (Lipinski definition) is 0. The Bertz CT molecular complexity index is 964. The topological polar surface area (TPSA) is 86.0 Å². The molecule has 27 heavy (non-hydrogen) atoms. The van der Waals surface area contributed by atoms with E-state index in [1.807, 2.05) is 13.0 Å². The molecule has 0 bridgehead atoms. The Morgan fingerprint density at radius 2 is 2.15 bits per heavy atom. The van der Waals surface area contributed by atoms with Gasteiger partial charge in [0, 0.05) is 17.5 Å². The first-order valence-corrected chi connectivity index (χ1v) is 9.45. The summed E-state index contributed by atoms with van der Waals surface area (Å²) in [7, 11) is 0. The molecule has 1 fully saturated rings. The van der Waals surface area contributed by atoms with Crippen LogP contribution in [-0.2, 0) is 14.3 Å². The minimum Gasteiger partial charge on any atom is -0.492 e. The van der Waals surface area contributed by atoms with Crippen LogP contribution in [0.4, 0.5) is 0 Å². The predicted molar refractivity (Wildman–Crippen MR) is 102 cm³/mol. The van der Waals surface area contributed by atoms with Gasteiger partial charge in [0.05, 0.1) is 30.0 Å². The van der Waals surface area contributed by atoms with Gasteiger partial charge in [0.25, 0.3) is 0 Å². The lowest BCUT2D eigenvalue weighted by atomic mass is 10.1. The Balaban J connectivity index is 1.66. The highest BCUT2D eigenvalue weighted by Crippen LogP contribution is 2.29. The molecule has 0 N–H and O–H groups in total. The number of benzene rings is 1. The Morgan fingerprint density at radius 1 is 1.33 bits per heavy atom. The quantitative estimate of drug-likeness (QED) is 0.426. The molecule has 0 unspecified atom stereocenters. The van der Waals surface area contributed by atoms with Crippen LogP contribution < -0.4 is 10.4 Å². The Kier molecular flexibility index (Phi) is 5.85. The Morgan fingerprint density at radius 3 is 2.93 bits per heavy atom. The molecule has 1 amide bonds. The second kappa shape index (κ2) is 8.30. The van der Waals surface area contributed by atoms with Crippen molar-refractivity contribution in [1.29, 1.82) is 0 Å². The molecule has 1 aromatic heterocycles. The number of carbonyl (C=O) groups is 2. The molecule has 142 valence electrons. The minimum atomic E-state index is -0.472. The van der Waals surface area contributed by atoms with Gasteiger partial charge < -0.3 is 18.8 Å². The van der Waals surface area contributed by atoms with Gasteiger partial charge in [-0.2, -0.15) is 0 Å². The van der Waals surface area contributed by atoms with E-state index >= 15 is 0 Å². The fourth-order valence-electron chi connectivity index (χ4n) is 2.70. The number of fused-ring (bicyclic) bond motifs is 1. The van der Waals surface area contributed by atoms with Crippen LogP contribution in [-0.4, -0.2) is 42.3 Å². The van der Waals surface area contributed by atoms with Gasteiger partial charge in [-0.15, -0.1) is 0 Å². The van der Waals surface area contributed by atoms with Crippen LogP contribution in [0.25, 0.3) is 11.0 Å². The van der Waals surface area contributed by atoms with E-state index in [0.717, 1.165) is 10.9 Å². The molecular formula is C19H19NO6S. The maximum atomic E-state index is 12.0. The van der Waals surface area contributed by atoms with Crippen molar-refractivity contribution in [2.24, 2.45) is 0 Å². The summed E-state index contributed by atoms with van der Waals surface area (Å²) in [6.45, 7) is 4.37. The molecule has 1 aliphatic rings. The third kappa shape index (κ3) is 4.51. The third-order valence-corrected chi connectivity index (χ3v) is 4.97. The summed E-state index contributed by atoms with van der Waals surface area (Å²) in [5, 5.41) is 1.40. The standard InChI is InChI=1S/C19H19NO6S/c1-3-24-18(22)10-17-20(16(21)11-27-17)6-7-25-13-4-5-14-12(2)8-19(23)26-15(14)9-13/h4-5,8-10H,3,6-7,11H2,1-2H3. The summed E-state index contributed by atoms with van der Waals surface area (Å²) < 4.78 is 15.8. The molecule has 1 aromatic carbocycles. The van der Waals surface area contributed by atoms with Crippen LogP contribution in [0.15, 0.2) is 44.6 Å². The summed E-state index contributed by atoms with van der Waals surface area (Å²) >= 11 is 1.30. The lowest BCUT2D eigenvalue weighted by Crippen LogP contribution is -2.29. The molecule has 1 saturated heterocycles. The fourth-order valence-corrected chi connectivity index (χ4v) is 3.66. The predicted octanol–water partition coefficient (Wildman–Crippen LogP) is 2.46. The van der Waals surface area contributed by atoms with Gasteiger partial charge >= 0.3 is 11.6 Å². The molecule has 2 heterocycles. The smallest absolute Gasteiger partial charge is 0.336 e. The van der Waals surface area contributed by atoms with Crippen LogP contribution in [0, 0.1) is 6.92 Å². The Labute approximate surface area is 159 Å². The normalized spacial score (nSPS) is 15.6. The zero-order valence-electron chi connectivity index (χ0n) is 15.0. The molecule has 0 saturated carbocycles. The summed E-state index contributed by atoms with van der Waals surface area (Å²) in [6, 6.07) is 6.70. The van der Waals surface area contributed by atoms with Crippen molar-refractivity contribution in [3.05, 3.63) is 51.4 Å².